The number of hydrogen-bond donors (Lipinski definition) is 1. The Balaban J connectivity index is 1.84. The van der Waals surface area contributed by atoms with E-state index in [-0.39, 0.29) is 28.5 Å². The molecule has 0 saturated heterocycles. The van der Waals surface area contributed by atoms with Gasteiger partial charge >= 0.3 is 16.4 Å². The van der Waals surface area contributed by atoms with Gasteiger partial charge in [0.05, 0.1) is 28.5 Å². The Morgan fingerprint density at radius 3 is 2.20 bits per heavy atom. The number of carbonyl (C=O) groups is 1. The lowest BCUT2D eigenvalue weighted by Gasteiger charge is -2.27. The lowest BCUT2D eigenvalue weighted by molar-refractivity contribution is -0.137. The summed E-state index contributed by atoms with van der Waals surface area (Å²) in [5.74, 6) is -1.45. The van der Waals surface area contributed by atoms with Gasteiger partial charge in [0.1, 0.15) is 5.82 Å². The summed E-state index contributed by atoms with van der Waals surface area (Å²) in [6, 6.07) is 13.6. The van der Waals surface area contributed by atoms with Crippen LogP contribution in [0.25, 0.3) is 0 Å². The molecule has 0 aliphatic heterocycles. The predicted octanol–water partition coefficient (Wildman–Crippen LogP) is 5.56. The molecule has 0 aliphatic carbocycles. The number of rotatable bonds is 7. The molecule has 0 bridgehead atoms. The molecule has 3 aromatic carbocycles. The highest BCUT2D eigenvalue weighted by molar-refractivity contribution is 7.90. The molecule has 0 radical (unpaired) electrons. The van der Waals surface area contributed by atoms with Crippen molar-refractivity contribution in [3.8, 4) is 0 Å². The Labute approximate surface area is 204 Å². The molecule has 0 saturated carbocycles. The maximum absolute atomic E-state index is 14.4. The summed E-state index contributed by atoms with van der Waals surface area (Å²) in [7, 11) is -1.43. The molecule has 186 valence electrons. The molecule has 0 aliphatic rings. The second kappa shape index (κ2) is 10.2. The average molecular weight is 530 g/mol. The summed E-state index contributed by atoms with van der Waals surface area (Å²) in [5.41, 5.74) is -0.800. The van der Waals surface area contributed by atoms with Crippen molar-refractivity contribution in [2.24, 2.45) is 0 Å². The second-order valence-electron chi connectivity index (χ2n) is 7.59. The van der Waals surface area contributed by atoms with E-state index in [0.717, 1.165) is 32.9 Å². The van der Waals surface area contributed by atoms with Gasteiger partial charge < -0.3 is 5.32 Å². The van der Waals surface area contributed by atoms with Crippen molar-refractivity contribution in [1.82, 2.24) is 4.31 Å². The van der Waals surface area contributed by atoms with Gasteiger partial charge in [-0.05, 0) is 48.0 Å². The first-order chi connectivity index (χ1) is 16.3. The number of benzene rings is 3. The number of anilines is 2. The van der Waals surface area contributed by atoms with E-state index in [2.05, 4.69) is 5.32 Å². The quantitative estimate of drug-likeness (QED) is 0.407. The van der Waals surface area contributed by atoms with Gasteiger partial charge in [0, 0.05) is 19.7 Å². The average Bonchev–Trinajstić information content (AvgIpc) is 2.79. The second-order valence-corrected chi connectivity index (χ2v) is 10.1. The van der Waals surface area contributed by atoms with Crippen molar-refractivity contribution in [3.63, 3.8) is 0 Å². The van der Waals surface area contributed by atoms with Crippen molar-refractivity contribution < 1.29 is 30.8 Å². The molecule has 0 unspecified atom stereocenters. The third kappa shape index (κ3) is 6.11. The van der Waals surface area contributed by atoms with Gasteiger partial charge in [-0.1, -0.05) is 35.9 Å². The van der Waals surface area contributed by atoms with Gasteiger partial charge in [-0.2, -0.15) is 25.9 Å². The van der Waals surface area contributed by atoms with Crippen LogP contribution in [0.2, 0.25) is 5.02 Å². The maximum Gasteiger partial charge on any atom is 0.416 e. The summed E-state index contributed by atoms with van der Waals surface area (Å²) in [4.78, 5) is 12.6. The van der Waals surface area contributed by atoms with Crippen molar-refractivity contribution in [3.05, 3.63) is 94.3 Å². The molecule has 3 rings (SSSR count). The highest BCUT2D eigenvalue weighted by atomic mass is 35.5. The summed E-state index contributed by atoms with van der Waals surface area (Å²) < 4.78 is 80.8. The van der Waals surface area contributed by atoms with Crippen molar-refractivity contribution in [2.45, 2.75) is 12.7 Å². The monoisotopic (exact) mass is 529 g/mol. The number of nitrogens with zero attached hydrogens (tertiary/aromatic N) is 2. The Kier molecular flexibility index (Phi) is 7.73. The minimum absolute atomic E-state index is 0.0719. The normalized spacial score (nSPS) is 12.0. The number of nitrogens with one attached hydrogen (secondary N) is 1. The van der Waals surface area contributed by atoms with E-state index in [1.807, 2.05) is 0 Å². The topological polar surface area (TPSA) is 69.7 Å². The van der Waals surface area contributed by atoms with Gasteiger partial charge in [0.2, 0.25) is 0 Å². The summed E-state index contributed by atoms with van der Waals surface area (Å²) >= 11 is 5.92. The van der Waals surface area contributed by atoms with Crippen LogP contribution in [0, 0.1) is 5.82 Å². The highest BCUT2D eigenvalue weighted by Crippen LogP contribution is 2.34. The number of carbonyl (C=O) groups excluding carboxylic acids is 1. The molecule has 0 spiro atoms. The van der Waals surface area contributed by atoms with Crippen molar-refractivity contribution >= 4 is 39.1 Å². The number of amides is 1. The van der Waals surface area contributed by atoms with Crippen LogP contribution in [0.4, 0.5) is 28.9 Å². The van der Waals surface area contributed by atoms with E-state index in [1.165, 1.54) is 56.6 Å². The molecule has 6 nitrogen and oxygen atoms in total. The Bertz CT molecular complexity index is 1330. The largest absolute Gasteiger partial charge is 0.416 e. The third-order valence-corrected chi connectivity index (χ3v) is 7.08. The zero-order chi connectivity index (χ0) is 26.0. The molecule has 0 fully saturated rings. The van der Waals surface area contributed by atoms with Gasteiger partial charge in [-0.25, -0.2) is 4.39 Å². The molecule has 12 heteroatoms. The van der Waals surface area contributed by atoms with Gasteiger partial charge in [-0.3, -0.25) is 9.10 Å². The minimum Gasteiger partial charge on any atom is -0.321 e. The van der Waals surface area contributed by atoms with Crippen LogP contribution < -0.4 is 9.62 Å². The van der Waals surface area contributed by atoms with Crippen LogP contribution in [0.15, 0.2) is 66.7 Å². The molecule has 0 heterocycles. The van der Waals surface area contributed by atoms with Gasteiger partial charge in [0.15, 0.2) is 0 Å². The summed E-state index contributed by atoms with van der Waals surface area (Å²) in [5, 5.41) is 2.27. The smallest absolute Gasteiger partial charge is 0.321 e. The fraction of sp³-hybridized carbons (Fsp3) is 0.174. The minimum atomic E-state index is -4.61. The summed E-state index contributed by atoms with van der Waals surface area (Å²) in [6.45, 7) is -0.233. The van der Waals surface area contributed by atoms with Crippen LogP contribution in [-0.2, 0) is 22.9 Å². The number of hydrogen-bond acceptors (Lipinski definition) is 3. The van der Waals surface area contributed by atoms with E-state index < -0.39 is 33.7 Å². The highest BCUT2D eigenvalue weighted by Gasteiger charge is 2.31. The number of para-hydroxylation sites is 1. The van der Waals surface area contributed by atoms with E-state index >= 15 is 0 Å². The van der Waals surface area contributed by atoms with Crippen molar-refractivity contribution in [1.29, 1.82) is 0 Å². The van der Waals surface area contributed by atoms with E-state index in [0.29, 0.717) is 5.56 Å². The maximum atomic E-state index is 14.4. The molecule has 35 heavy (non-hydrogen) atoms. The molecular weight excluding hydrogens is 510 g/mol. The fourth-order valence-electron chi connectivity index (χ4n) is 3.06. The fourth-order valence-corrected chi connectivity index (χ4v) is 4.33. The Morgan fingerprint density at radius 2 is 1.63 bits per heavy atom. The lowest BCUT2D eigenvalue weighted by atomic mass is 10.1. The zero-order valence-electron chi connectivity index (χ0n) is 18.5. The lowest BCUT2D eigenvalue weighted by Crippen LogP contribution is -2.40. The predicted molar refractivity (Wildman–Crippen MR) is 126 cm³/mol. The zero-order valence-corrected chi connectivity index (χ0v) is 20.0. The van der Waals surface area contributed by atoms with Gasteiger partial charge in [-0.15, -0.1) is 0 Å². The van der Waals surface area contributed by atoms with E-state index in [4.69, 9.17) is 11.6 Å². The first-order valence-electron chi connectivity index (χ1n) is 10.0. The molecule has 1 N–H and O–H groups in total. The van der Waals surface area contributed by atoms with Crippen LogP contribution in [0.5, 0.6) is 0 Å². The van der Waals surface area contributed by atoms with Crippen LogP contribution in [-0.4, -0.2) is 32.7 Å². The number of halogens is 5. The molecule has 0 atom stereocenters. The first kappa shape index (κ1) is 26.5. The number of alkyl halides is 3. The Hall–Kier alpha value is -3.15. The molecule has 3 aromatic rings. The van der Waals surface area contributed by atoms with Crippen LogP contribution >= 0.6 is 11.6 Å². The third-order valence-electron chi connectivity index (χ3n) is 4.95. The van der Waals surface area contributed by atoms with E-state index in [9.17, 15) is 30.8 Å². The Morgan fingerprint density at radius 1 is 1.00 bits per heavy atom. The van der Waals surface area contributed by atoms with Crippen molar-refractivity contribution in [2.75, 3.05) is 23.7 Å². The SMILES string of the molecule is CN(C)S(=O)(=O)N(Cc1ccc(C(=O)Nc2cc(C(F)(F)F)ccc2Cl)cc1)c1ccccc1F. The standard InChI is InChI=1S/C23H20ClF4N3O3S/c1-30(2)35(33,34)31(21-6-4-3-5-19(21)25)14-15-7-9-16(10-8-15)22(32)29-20-13-17(23(26,27)28)11-12-18(20)24/h3-13H,14H2,1-2H3,(H,29,32). The molecular formula is C23H20ClF4N3O3S. The van der Waals surface area contributed by atoms with Gasteiger partial charge in [0.25, 0.3) is 5.91 Å². The summed E-state index contributed by atoms with van der Waals surface area (Å²) in [6.07, 6.45) is -4.61. The molecule has 0 aromatic heterocycles. The van der Waals surface area contributed by atoms with Crippen LogP contribution in [0.1, 0.15) is 21.5 Å². The van der Waals surface area contributed by atoms with E-state index in [1.54, 1.807) is 0 Å². The molecule has 1 amide bonds. The van der Waals surface area contributed by atoms with Crippen LogP contribution in [0.3, 0.4) is 0 Å². The first-order valence-corrected chi connectivity index (χ1v) is 11.8.